The predicted molar refractivity (Wildman–Crippen MR) is 129 cm³/mol. The molecular weight excluding hydrogens is 487 g/mol. The molecule has 7 nitrogen and oxygen atoms in total. The molecule has 0 aromatic heterocycles. The zero-order chi connectivity index (χ0) is 24.8. The number of esters is 1. The first-order valence-electron chi connectivity index (χ1n) is 10.5. The smallest absolute Gasteiger partial charge is 0.329 e. The average molecular weight is 515 g/mol. The van der Waals surface area contributed by atoms with E-state index in [-0.39, 0.29) is 23.0 Å². The molecule has 2 aromatic rings. The first kappa shape index (κ1) is 27.1. The summed E-state index contributed by atoms with van der Waals surface area (Å²) >= 11 is 12.2. The molecule has 0 saturated carbocycles. The van der Waals surface area contributed by atoms with E-state index in [0.717, 1.165) is 0 Å². The Morgan fingerprint density at radius 1 is 1.03 bits per heavy atom. The highest BCUT2D eigenvalue weighted by molar-refractivity contribution is 7.89. The van der Waals surface area contributed by atoms with E-state index in [1.807, 2.05) is 0 Å². The fraction of sp³-hybridized carbons (Fsp3) is 0.391. The maximum atomic E-state index is 12.9. The van der Waals surface area contributed by atoms with Gasteiger partial charge in [-0.05, 0) is 36.2 Å². The van der Waals surface area contributed by atoms with Gasteiger partial charge < -0.3 is 10.1 Å². The van der Waals surface area contributed by atoms with Crippen molar-refractivity contribution >= 4 is 45.1 Å². The molecule has 0 aliphatic rings. The topological polar surface area (TPSA) is 92.8 Å². The van der Waals surface area contributed by atoms with E-state index >= 15 is 0 Å². The maximum absolute atomic E-state index is 12.9. The lowest BCUT2D eigenvalue weighted by Gasteiger charge is -2.22. The molecule has 33 heavy (non-hydrogen) atoms. The fourth-order valence-corrected chi connectivity index (χ4v) is 5.15. The number of hydrogen-bond donors (Lipinski definition) is 1. The Balaban J connectivity index is 2.18. The molecule has 0 spiro atoms. The maximum Gasteiger partial charge on any atom is 0.329 e. The Bertz CT molecular complexity index is 1080. The zero-order valence-corrected chi connectivity index (χ0v) is 21.3. The summed E-state index contributed by atoms with van der Waals surface area (Å²) in [6.07, 6.45) is 0. The van der Waals surface area contributed by atoms with Crippen LogP contribution in [0, 0.1) is 5.92 Å². The van der Waals surface area contributed by atoms with Gasteiger partial charge in [0, 0.05) is 34.3 Å². The zero-order valence-electron chi connectivity index (χ0n) is 19.0. The summed E-state index contributed by atoms with van der Waals surface area (Å²) in [6, 6.07) is 9.72. The van der Waals surface area contributed by atoms with E-state index in [1.54, 1.807) is 45.9 Å². The highest BCUT2D eigenvalue weighted by Gasteiger charge is 2.28. The Kier molecular flexibility index (Phi) is 9.72. The van der Waals surface area contributed by atoms with E-state index in [4.69, 9.17) is 27.9 Å². The summed E-state index contributed by atoms with van der Waals surface area (Å²) in [5, 5.41) is 3.38. The van der Waals surface area contributed by atoms with Crippen molar-refractivity contribution < 1.29 is 22.7 Å². The number of amides is 1. The minimum atomic E-state index is -3.73. The van der Waals surface area contributed by atoms with Gasteiger partial charge >= 0.3 is 5.97 Å². The second-order valence-electron chi connectivity index (χ2n) is 7.62. The van der Waals surface area contributed by atoms with Crippen LogP contribution in [0.1, 0.15) is 43.6 Å². The van der Waals surface area contributed by atoms with Crippen molar-refractivity contribution in [1.82, 2.24) is 9.62 Å². The number of hydrogen-bond acceptors (Lipinski definition) is 5. The number of carbonyl (C=O) groups is 2. The van der Waals surface area contributed by atoms with Gasteiger partial charge in [0.05, 0.1) is 4.90 Å². The van der Waals surface area contributed by atoms with E-state index in [2.05, 4.69) is 5.32 Å². The third-order valence-corrected chi connectivity index (χ3v) is 7.82. The first-order valence-corrected chi connectivity index (χ1v) is 12.7. The molecule has 2 rings (SSSR count). The molecular formula is C23H28Cl2N2O5S. The normalized spacial score (nSPS) is 12.6. The van der Waals surface area contributed by atoms with Crippen molar-refractivity contribution in [1.29, 1.82) is 0 Å². The number of nitrogens with zero attached hydrogens (tertiary/aromatic N) is 1. The highest BCUT2D eigenvalue weighted by atomic mass is 35.5. The molecule has 1 atom stereocenters. The van der Waals surface area contributed by atoms with Crippen molar-refractivity contribution in [2.75, 3.05) is 13.1 Å². The molecule has 10 heteroatoms. The summed E-state index contributed by atoms with van der Waals surface area (Å²) in [4.78, 5) is 25.6. The monoisotopic (exact) mass is 514 g/mol. The van der Waals surface area contributed by atoms with Crippen molar-refractivity contribution in [2.45, 2.75) is 45.2 Å². The summed E-state index contributed by atoms with van der Waals surface area (Å²) in [5.74, 6) is -1.52. The van der Waals surface area contributed by atoms with E-state index in [9.17, 15) is 18.0 Å². The third kappa shape index (κ3) is 6.69. The van der Waals surface area contributed by atoms with Crippen molar-refractivity contribution in [3.05, 3.63) is 63.6 Å². The van der Waals surface area contributed by atoms with Gasteiger partial charge in [-0.3, -0.25) is 4.79 Å². The second-order valence-corrected chi connectivity index (χ2v) is 10.4. The van der Waals surface area contributed by atoms with Crippen LogP contribution in [0.25, 0.3) is 0 Å². The van der Waals surface area contributed by atoms with Crippen molar-refractivity contribution in [3.8, 4) is 0 Å². The van der Waals surface area contributed by atoms with Gasteiger partial charge in [0.25, 0.3) is 5.91 Å². The van der Waals surface area contributed by atoms with Crippen LogP contribution >= 0.6 is 23.2 Å². The molecule has 0 radical (unpaired) electrons. The SMILES string of the molecule is CCN(CC)S(=O)(=O)c1cccc(C(=O)N[C@H](C(=O)OCc2c(Cl)cccc2Cl)C(C)C)c1. The van der Waals surface area contributed by atoms with E-state index < -0.39 is 27.9 Å². The Morgan fingerprint density at radius 2 is 1.61 bits per heavy atom. The van der Waals surface area contributed by atoms with Crippen LogP contribution < -0.4 is 5.32 Å². The summed E-state index contributed by atoms with van der Waals surface area (Å²) in [6.45, 7) is 7.48. The number of carbonyl (C=O) groups excluding carboxylic acids is 2. The molecule has 2 aromatic carbocycles. The summed E-state index contributed by atoms with van der Waals surface area (Å²) < 4.78 is 32.2. The van der Waals surface area contributed by atoms with Crippen LogP contribution in [-0.2, 0) is 26.2 Å². The molecule has 0 bridgehead atoms. The molecule has 0 aliphatic carbocycles. The minimum Gasteiger partial charge on any atom is -0.459 e. The Hall–Kier alpha value is -2.13. The molecule has 1 N–H and O–H groups in total. The molecule has 0 aliphatic heterocycles. The fourth-order valence-electron chi connectivity index (χ4n) is 3.14. The Labute approximate surface area is 205 Å². The summed E-state index contributed by atoms with van der Waals surface area (Å²) in [5.41, 5.74) is 0.591. The lowest BCUT2D eigenvalue weighted by atomic mass is 10.0. The number of halogens is 2. The van der Waals surface area contributed by atoms with Crippen molar-refractivity contribution in [3.63, 3.8) is 0 Å². The number of rotatable bonds is 10. The lowest BCUT2D eigenvalue weighted by Crippen LogP contribution is -2.45. The minimum absolute atomic E-state index is 0.0101. The van der Waals surface area contributed by atoms with Crippen LogP contribution in [0.3, 0.4) is 0 Å². The molecule has 0 fully saturated rings. The van der Waals surface area contributed by atoms with Gasteiger partial charge in [0.2, 0.25) is 10.0 Å². The van der Waals surface area contributed by atoms with Gasteiger partial charge in [-0.25, -0.2) is 13.2 Å². The van der Waals surface area contributed by atoms with E-state index in [1.165, 1.54) is 28.6 Å². The van der Waals surface area contributed by atoms with Crippen LogP contribution in [0.2, 0.25) is 10.0 Å². The van der Waals surface area contributed by atoms with Crippen LogP contribution in [-0.4, -0.2) is 43.7 Å². The first-order chi connectivity index (χ1) is 15.5. The number of ether oxygens (including phenoxy) is 1. The quantitative estimate of drug-likeness (QED) is 0.470. The largest absolute Gasteiger partial charge is 0.459 e. The van der Waals surface area contributed by atoms with Gasteiger partial charge in [0.15, 0.2) is 0 Å². The molecule has 0 saturated heterocycles. The van der Waals surface area contributed by atoms with Gasteiger partial charge in [0.1, 0.15) is 12.6 Å². The van der Waals surface area contributed by atoms with E-state index in [0.29, 0.717) is 28.7 Å². The van der Waals surface area contributed by atoms with Crippen LogP contribution in [0.15, 0.2) is 47.4 Å². The van der Waals surface area contributed by atoms with Crippen LogP contribution in [0.5, 0.6) is 0 Å². The van der Waals surface area contributed by atoms with Crippen LogP contribution in [0.4, 0.5) is 0 Å². The number of benzene rings is 2. The standard InChI is InChI=1S/C23H28Cl2N2O5S/c1-5-27(6-2)33(30,31)17-10-7-9-16(13-17)22(28)26-21(15(3)4)23(29)32-14-18-19(24)11-8-12-20(18)25/h7-13,15,21H,5-6,14H2,1-4H3,(H,26,28)/t21-/m0/s1. The summed E-state index contributed by atoms with van der Waals surface area (Å²) in [7, 11) is -3.73. The number of sulfonamides is 1. The van der Waals surface area contributed by atoms with Gasteiger partial charge in [-0.2, -0.15) is 4.31 Å². The third-order valence-electron chi connectivity index (χ3n) is 5.07. The highest BCUT2D eigenvalue weighted by Crippen LogP contribution is 2.25. The number of nitrogens with one attached hydrogen (secondary N) is 1. The van der Waals surface area contributed by atoms with Gasteiger partial charge in [-0.1, -0.05) is 63.0 Å². The second kappa shape index (κ2) is 11.8. The van der Waals surface area contributed by atoms with Crippen molar-refractivity contribution in [2.24, 2.45) is 5.92 Å². The molecule has 0 heterocycles. The average Bonchev–Trinajstić information content (AvgIpc) is 2.77. The Morgan fingerprint density at radius 3 is 2.15 bits per heavy atom. The predicted octanol–water partition coefficient (Wildman–Crippen LogP) is 4.52. The molecule has 180 valence electrons. The molecule has 0 unspecified atom stereocenters. The lowest BCUT2D eigenvalue weighted by molar-refractivity contribution is -0.148. The molecule has 1 amide bonds. The van der Waals surface area contributed by atoms with Gasteiger partial charge in [-0.15, -0.1) is 0 Å².